The van der Waals surface area contributed by atoms with Crippen LogP contribution in [-0.4, -0.2) is 25.9 Å². The second kappa shape index (κ2) is 6.17. The quantitative estimate of drug-likeness (QED) is 0.757. The molecule has 0 N–H and O–H groups in total. The molecule has 0 unspecified atom stereocenters. The molecule has 8 heteroatoms. The van der Waals surface area contributed by atoms with E-state index in [0.29, 0.717) is 12.8 Å². The molecule has 0 heterocycles. The summed E-state index contributed by atoms with van der Waals surface area (Å²) in [6.07, 6.45) is 1.17. The normalized spacial score (nSPS) is 12.3. The lowest BCUT2D eigenvalue weighted by Crippen LogP contribution is -2.00. The Balaban J connectivity index is 2.04. The maximum Gasteiger partial charge on any atom is 0.124 e. The third kappa shape index (κ3) is 4.38. The zero-order valence-electron chi connectivity index (χ0n) is 11.3. The van der Waals surface area contributed by atoms with E-state index >= 15 is 0 Å². The van der Waals surface area contributed by atoms with E-state index in [1.807, 2.05) is 0 Å². The summed E-state index contributed by atoms with van der Waals surface area (Å²) in [6.45, 7) is 0. The first-order chi connectivity index (χ1) is 10.2. The fourth-order valence-electron chi connectivity index (χ4n) is 1.93. The SMILES string of the molecule is O=S(=O)([O-])c1ccc(CCc2ccc(S(=O)(=O)[O-])cc2)cc1. The van der Waals surface area contributed by atoms with Gasteiger partial charge in [0, 0.05) is 0 Å². The predicted octanol–water partition coefficient (Wildman–Crippen LogP) is 1.28. The maximum absolute atomic E-state index is 10.8. The molecule has 118 valence electrons. The minimum atomic E-state index is -4.44. The average molecular weight is 340 g/mol. The van der Waals surface area contributed by atoms with Crippen LogP contribution in [-0.2, 0) is 33.1 Å². The number of hydrogen-bond donors (Lipinski definition) is 0. The van der Waals surface area contributed by atoms with Crippen LogP contribution in [0.2, 0.25) is 0 Å². The van der Waals surface area contributed by atoms with Gasteiger partial charge in [0.2, 0.25) is 0 Å². The van der Waals surface area contributed by atoms with E-state index in [9.17, 15) is 25.9 Å². The van der Waals surface area contributed by atoms with Crippen LogP contribution in [0.15, 0.2) is 58.3 Å². The number of benzene rings is 2. The van der Waals surface area contributed by atoms with Crippen LogP contribution in [0.4, 0.5) is 0 Å². The fourth-order valence-corrected chi connectivity index (χ4v) is 2.87. The van der Waals surface area contributed by atoms with Crippen molar-refractivity contribution in [2.24, 2.45) is 0 Å². The molecule has 0 aromatic heterocycles. The average Bonchev–Trinajstić information content (AvgIpc) is 2.44. The van der Waals surface area contributed by atoms with Gasteiger partial charge in [-0.1, -0.05) is 24.3 Å². The van der Waals surface area contributed by atoms with Gasteiger partial charge in [0.25, 0.3) is 0 Å². The molecular formula is C14H12O6S2-2. The van der Waals surface area contributed by atoms with Crippen LogP contribution < -0.4 is 0 Å². The molecule has 0 aliphatic carbocycles. The van der Waals surface area contributed by atoms with Gasteiger partial charge < -0.3 is 9.11 Å². The molecule has 0 saturated heterocycles. The molecule has 22 heavy (non-hydrogen) atoms. The van der Waals surface area contributed by atoms with Gasteiger partial charge in [-0.25, -0.2) is 16.8 Å². The van der Waals surface area contributed by atoms with E-state index in [0.717, 1.165) is 11.1 Å². The van der Waals surface area contributed by atoms with Crippen molar-refractivity contribution in [3.63, 3.8) is 0 Å². The van der Waals surface area contributed by atoms with E-state index in [1.165, 1.54) is 24.3 Å². The van der Waals surface area contributed by atoms with Crippen molar-refractivity contribution in [1.82, 2.24) is 0 Å². The van der Waals surface area contributed by atoms with Crippen molar-refractivity contribution >= 4 is 20.2 Å². The van der Waals surface area contributed by atoms with Crippen molar-refractivity contribution in [1.29, 1.82) is 0 Å². The van der Waals surface area contributed by atoms with Crippen LogP contribution in [0.5, 0.6) is 0 Å². The first-order valence-electron chi connectivity index (χ1n) is 6.26. The van der Waals surface area contributed by atoms with E-state index in [-0.39, 0.29) is 9.79 Å². The van der Waals surface area contributed by atoms with Gasteiger partial charge in [0.1, 0.15) is 20.2 Å². The third-order valence-electron chi connectivity index (χ3n) is 3.13. The molecule has 0 aliphatic heterocycles. The summed E-state index contributed by atoms with van der Waals surface area (Å²) >= 11 is 0. The highest BCUT2D eigenvalue weighted by Crippen LogP contribution is 2.14. The molecule has 2 aromatic carbocycles. The monoisotopic (exact) mass is 340 g/mol. The van der Waals surface area contributed by atoms with Crippen LogP contribution >= 0.6 is 0 Å². The fraction of sp³-hybridized carbons (Fsp3) is 0.143. The Morgan fingerprint density at radius 3 is 1.09 bits per heavy atom. The summed E-state index contributed by atoms with van der Waals surface area (Å²) < 4.78 is 64.8. The zero-order chi connectivity index (χ0) is 16.4. The molecule has 0 fully saturated rings. The van der Waals surface area contributed by atoms with Gasteiger partial charge in [-0.15, -0.1) is 0 Å². The van der Waals surface area contributed by atoms with Crippen molar-refractivity contribution < 1.29 is 25.9 Å². The second-order valence-corrected chi connectivity index (χ2v) is 7.46. The highest BCUT2D eigenvalue weighted by molar-refractivity contribution is 7.86. The number of rotatable bonds is 5. The molecule has 0 bridgehead atoms. The van der Waals surface area contributed by atoms with E-state index in [2.05, 4.69) is 0 Å². The second-order valence-electron chi connectivity index (χ2n) is 4.70. The van der Waals surface area contributed by atoms with E-state index in [4.69, 9.17) is 0 Å². The Kier molecular flexibility index (Phi) is 4.66. The first-order valence-corrected chi connectivity index (χ1v) is 9.07. The van der Waals surface area contributed by atoms with Crippen LogP contribution in [0.1, 0.15) is 11.1 Å². The molecule has 0 atom stereocenters. The van der Waals surface area contributed by atoms with Crippen molar-refractivity contribution in [3.8, 4) is 0 Å². The standard InChI is InChI=1S/C14H14O6S2/c15-21(16,17)13-7-3-11(4-8-13)1-2-12-5-9-14(10-6-12)22(18,19)20/h3-10H,1-2H2,(H,15,16,17)(H,18,19,20)/p-2. The lowest BCUT2D eigenvalue weighted by molar-refractivity contribution is 0.461. The van der Waals surface area contributed by atoms with Gasteiger partial charge >= 0.3 is 0 Å². The molecule has 2 aromatic rings. The van der Waals surface area contributed by atoms with Crippen molar-refractivity contribution in [3.05, 3.63) is 59.7 Å². The maximum atomic E-state index is 10.8. The highest BCUT2D eigenvalue weighted by atomic mass is 32.2. The topological polar surface area (TPSA) is 114 Å². The van der Waals surface area contributed by atoms with Crippen LogP contribution in [0.25, 0.3) is 0 Å². The van der Waals surface area contributed by atoms with Gasteiger partial charge in [-0.2, -0.15) is 0 Å². The van der Waals surface area contributed by atoms with Gasteiger partial charge in [0.05, 0.1) is 9.79 Å². The summed E-state index contributed by atoms with van der Waals surface area (Å²) in [6, 6.07) is 11.2. The molecule has 0 spiro atoms. The lowest BCUT2D eigenvalue weighted by Gasteiger charge is -2.09. The zero-order valence-corrected chi connectivity index (χ0v) is 12.9. The number of hydrogen-bond acceptors (Lipinski definition) is 6. The molecule has 0 aliphatic rings. The summed E-state index contributed by atoms with van der Waals surface area (Å²) in [4.78, 5) is -0.553. The Hall–Kier alpha value is -1.74. The first kappa shape index (κ1) is 16.6. The lowest BCUT2D eigenvalue weighted by atomic mass is 10.0. The summed E-state index contributed by atoms with van der Waals surface area (Å²) in [5.41, 5.74) is 1.68. The Bertz CT molecular complexity index is 775. The van der Waals surface area contributed by atoms with Crippen LogP contribution in [0, 0.1) is 0 Å². The minimum Gasteiger partial charge on any atom is -0.744 e. The predicted molar refractivity (Wildman–Crippen MR) is 76.2 cm³/mol. The van der Waals surface area contributed by atoms with Gasteiger partial charge in [-0.3, -0.25) is 0 Å². The minimum absolute atomic E-state index is 0.277. The number of aryl methyl sites for hydroxylation is 2. The molecule has 2 rings (SSSR count). The molecule has 0 radical (unpaired) electrons. The largest absolute Gasteiger partial charge is 0.744 e. The van der Waals surface area contributed by atoms with Gasteiger partial charge in [-0.05, 0) is 48.2 Å². The summed E-state index contributed by atoms with van der Waals surface area (Å²) in [5.74, 6) is 0. The molecule has 0 amide bonds. The van der Waals surface area contributed by atoms with Crippen molar-refractivity contribution in [2.75, 3.05) is 0 Å². The molecule has 6 nitrogen and oxygen atoms in total. The van der Waals surface area contributed by atoms with Crippen molar-refractivity contribution in [2.45, 2.75) is 22.6 Å². The smallest absolute Gasteiger partial charge is 0.124 e. The van der Waals surface area contributed by atoms with E-state index < -0.39 is 20.2 Å². The Labute approximate surface area is 128 Å². The Morgan fingerprint density at radius 2 is 0.864 bits per heavy atom. The van der Waals surface area contributed by atoms with Gasteiger partial charge in [0.15, 0.2) is 0 Å². The molecule has 0 saturated carbocycles. The highest BCUT2D eigenvalue weighted by Gasteiger charge is 2.03. The van der Waals surface area contributed by atoms with E-state index in [1.54, 1.807) is 24.3 Å². The summed E-state index contributed by atoms with van der Waals surface area (Å²) in [7, 11) is -8.88. The molecular weight excluding hydrogens is 328 g/mol. The van der Waals surface area contributed by atoms with Crippen LogP contribution in [0.3, 0.4) is 0 Å². The Morgan fingerprint density at radius 1 is 0.591 bits per heavy atom. The third-order valence-corrected chi connectivity index (χ3v) is 4.83. The summed E-state index contributed by atoms with van der Waals surface area (Å²) in [5, 5.41) is 0.